The second-order valence-electron chi connectivity index (χ2n) is 5.43. The van der Waals surface area contributed by atoms with Crippen LogP contribution in [0.1, 0.15) is 16.8 Å². The van der Waals surface area contributed by atoms with Gasteiger partial charge in [-0.2, -0.15) is 5.10 Å². The summed E-state index contributed by atoms with van der Waals surface area (Å²) in [5.41, 5.74) is 3.30. The minimum absolute atomic E-state index is 0.170. The Morgan fingerprint density at radius 3 is 2.95 bits per heavy atom. The van der Waals surface area contributed by atoms with Gasteiger partial charge in [0.1, 0.15) is 13.2 Å². The zero-order valence-electron chi connectivity index (χ0n) is 12.2. The molecular formula is C16H19N3O2. The van der Waals surface area contributed by atoms with Gasteiger partial charge in [-0.1, -0.05) is 30.3 Å². The number of aromatic nitrogens is 2. The number of carbonyl (C=O) groups is 1. The normalized spacial score (nSPS) is 14.7. The van der Waals surface area contributed by atoms with Gasteiger partial charge < -0.3 is 9.64 Å². The summed E-state index contributed by atoms with van der Waals surface area (Å²) in [6.07, 6.45) is 2.90. The molecule has 0 spiro atoms. The lowest BCUT2D eigenvalue weighted by atomic mass is 10.1. The van der Waals surface area contributed by atoms with Gasteiger partial charge in [0.2, 0.25) is 0 Å². The van der Waals surface area contributed by atoms with Crippen LogP contribution in [0.25, 0.3) is 0 Å². The van der Waals surface area contributed by atoms with Crippen molar-refractivity contribution in [1.29, 1.82) is 0 Å². The van der Waals surface area contributed by atoms with Crippen molar-refractivity contribution in [2.45, 2.75) is 26.1 Å². The number of carbonyl (C=O) groups excluding carboxylic acids is 1. The maximum atomic E-state index is 11.9. The average molecular weight is 285 g/mol. The van der Waals surface area contributed by atoms with Crippen LogP contribution in [0.4, 0.5) is 0 Å². The maximum absolute atomic E-state index is 11.9. The highest BCUT2D eigenvalue weighted by Crippen LogP contribution is 2.16. The van der Waals surface area contributed by atoms with Crippen LogP contribution in [0.3, 0.4) is 0 Å². The van der Waals surface area contributed by atoms with Crippen LogP contribution in [0.2, 0.25) is 0 Å². The van der Waals surface area contributed by atoms with Crippen molar-refractivity contribution in [1.82, 2.24) is 14.7 Å². The monoisotopic (exact) mass is 285 g/mol. The van der Waals surface area contributed by atoms with E-state index in [0.29, 0.717) is 6.61 Å². The second-order valence-corrected chi connectivity index (χ2v) is 5.43. The number of ether oxygens (including phenoxy) is 1. The summed E-state index contributed by atoms with van der Waals surface area (Å²) in [5, 5.41) is 4.47. The fourth-order valence-electron chi connectivity index (χ4n) is 2.51. The lowest BCUT2D eigenvalue weighted by Gasteiger charge is -2.20. The predicted octanol–water partition coefficient (Wildman–Crippen LogP) is 1.61. The maximum Gasteiger partial charge on any atom is 0.328 e. The SMILES string of the molecule is CN1CCc2nn(CC(=O)OCc3ccccc3)cc2C1. The Morgan fingerprint density at radius 1 is 1.33 bits per heavy atom. The molecule has 0 saturated heterocycles. The Hall–Kier alpha value is -2.14. The molecule has 0 N–H and O–H groups in total. The highest BCUT2D eigenvalue weighted by atomic mass is 16.5. The summed E-state index contributed by atoms with van der Waals surface area (Å²) in [6, 6.07) is 9.69. The molecule has 1 aliphatic rings. The topological polar surface area (TPSA) is 47.4 Å². The molecule has 0 bridgehead atoms. The molecule has 0 amide bonds. The van der Waals surface area contributed by atoms with Crippen LogP contribution in [-0.2, 0) is 35.6 Å². The summed E-state index contributed by atoms with van der Waals surface area (Å²) in [5.74, 6) is -0.257. The third kappa shape index (κ3) is 3.49. The van der Waals surface area contributed by atoms with Gasteiger partial charge in [0, 0.05) is 31.3 Å². The van der Waals surface area contributed by atoms with Gasteiger partial charge in [-0.25, -0.2) is 0 Å². The number of esters is 1. The molecule has 1 aromatic carbocycles. The van der Waals surface area contributed by atoms with E-state index in [1.807, 2.05) is 36.5 Å². The zero-order chi connectivity index (χ0) is 14.7. The molecule has 2 heterocycles. The summed E-state index contributed by atoms with van der Waals surface area (Å²) in [6.45, 7) is 2.39. The van der Waals surface area contributed by atoms with E-state index in [9.17, 15) is 4.79 Å². The fraction of sp³-hybridized carbons (Fsp3) is 0.375. The first kappa shape index (κ1) is 13.8. The van der Waals surface area contributed by atoms with Crippen LogP contribution >= 0.6 is 0 Å². The summed E-state index contributed by atoms with van der Waals surface area (Å²) in [4.78, 5) is 14.1. The lowest BCUT2D eigenvalue weighted by Crippen LogP contribution is -2.25. The molecular weight excluding hydrogens is 266 g/mol. The fourth-order valence-corrected chi connectivity index (χ4v) is 2.51. The highest BCUT2D eigenvalue weighted by molar-refractivity contribution is 5.69. The standard InChI is InChI=1S/C16H19N3O2/c1-18-8-7-15-14(9-18)10-19(17-15)11-16(20)21-12-13-5-3-2-4-6-13/h2-6,10H,7-9,11-12H2,1H3. The molecule has 2 aromatic rings. The minimum atomic E-state index is -0.257. The molecule has 0 unspecified atom stereocenters. The van der Waals surface area contributed by atoms with Crippen molar-refractivity contribution in [2.24, 2.45) is 0 Å². The van der Waals surface area contributed by atoms with Crippen molar-refractivity contribution in [3.05, 3.63) is 53.3 Å². The van der Waals surface area contributed by atoms with Gasteiger partial charge in [0.15, 0.2) is 0 Å². The molecule has 1 aliphatic heterocycles. The third-order valence-corrected chi connectivity index (χ3v) is 3.63. The first-order valence-electron chi connectivity index (χ1n) is 7.14. The summed E-state index contributed by atoms with van der Waals surface area (Å²) < 4.78 is 6.97. The summed E-state index contributed by atoms with van der Waals surface area (Å²) >= 11 is 0. The summed E-state index contributed by atoms with van der Waals surface area (Å²) in [7, 11) is 2.09. The number of likely N-dealkylation sites (N-methyl/N-ethyl adjacent to an activating group) is 1. The molecule has 0 aliphatic carbocycles. The van der Waals surface area contributed by atoms with E-state index in [0.717, 1.165) is 30.8 Å². The highest BCUT2D eigenvalue weighted by Gasteiger charge is 2.17. The minimum Gasteiger partial charge on any atom is -0.459 e. The van der Waals surface area contributed by atoms with E-state index in [1.54, 1.807) is 4.68 Å². The van der Waals surface area contributed by atoms with Crippen LogP contribution in [-0.4, -0.2) is 34.2 Å². The van der Waals surface area contributed by atoms with E-state index in [1.165, 1.54) is 5.56 Å². The molecule has 0 radical (unpaired) electrons. The smallest absolute Gasteiger partial charge is 0.328 e. The molecule has 5 heteroatoms. The van der Waals surface area contributed by atoms with Gasteiger partial charge in [-0.15, -0.1) is 0 Å². The number of benzene rings is 1. The van der Waals surface area contributed by atoms with Crippen LogP contribution < -0.4 is 0 Å². The van der Waals surface area contributed by atoms with Crippen molar-refractivity contribution >= 4 is 5.97 Å². The van der Waals surface area contributed by atoms with Gasteiger partial charge in [0.05, 0.1) is 5.69 Å². The first-order chi connectivity index (χ1) is 10.2. The molecule has 0 fully saturated rings. The van der Waals surface area contributed by atoms with Crippen molar-refractivity contribution in [3.63, 3.8) is 0 Å². The molecule has 3 rings (SSSR count). The van der Waals surface area contributed by atoms with Gasteiger partial charge in [-0.3, -0.25) is 9.48 Å². The van der Waals surface area contributed by atoms with Crippen molar-refractivity contribution in [2.75, 3.05) is 13.6 Å². The van der Waals surface area contributed by atoms with Crippen LogP contribution in [0.5, 0.6) is 0 Å². The van der Waals surface area contributed by atoms with Gasteiger partial charge >= 0.3 is 5.97 Å². The van der Waals surface area contributed by atoms with Crippen molar-refractivity contribution in [3.8, 4) is 0 Å². The average Bonchev–Trinajstić information content (AvgIpc) is 2.87. The van der Waals surface area contributed by atoms with Crippen LogP contribution in [0, 0.1) is 0 Å². The third-order valence-electron chi connectivity index (χ3n) is 3.63. The number of fused-ring (bicyclic) bond motifs is 1. The molecule has 21 heavy (non-hydrogen) atoms. The Labute approximate surface area is 124 Å². The number of hydrogen-bond acceptors (Lipinski definition) is 4. The number of rotatable bonds is 4. The van der Waals surface area contributed by atoms with Crippen LogP contribution in [0.15, 0.2) is 36.5 Å². The Bertz CT molecular complexity index is 622. The molecule has 110 valence electrons. The molecule has 5 nitrogen and oxygen atoms in total. The molecule has 0 saturated carbocycles. The predicted molar refractivity (Wildman–Crippen MR) is 78.5 cm³/mol. The zero-order valence-corrected chi connectivity index (χ0v) is 12.2. The quantitative estimate of drug-likeness (QED) is 0.801. The van der Waals surface area contributed by atoms with E-state index < -0.39 is 0 Å². The Kier molecular flexibility index (Phi) is 4.01. The van der Waals surface area contributed by atoms with Crippen molar-refractivity contribution < 1.29 is 9.53 Å². The van der Waals surface area contributed by atoms with E-state index >= 15 is 0 Å². The first-order valence-corrected chi connectivity index (χ1v) is 7.14. The largest absolute Gasteiger partial charge is 0.459 e. The molecule has 0 atom stereocenters. The lowest BCUT2D eigenvalue weighted by molar-refractivity contribution is -0.145. The second kappa shape index (κ2) is 6.10. The Balaban J connectivity index is 1.55. The molecule has 1 aromatic heterocycles. The number of nitrogens with zero attached hydrogens (tertiary/aromatic N) is 3. The van der Waals surface area contributed by atoms with E-state index in [2.05, 4.69) is 17.0 Å². The Morgan fingerprint density at radius 2 is 2.14 bits per heavy atom. The number of hydrogen-bond donors (Lipinski definition) is 0. The van der Waals surface area contributed by atoms with E-state index in [-0.39, 0.29) is 12.5 Å². The van der Waals surface area contributed by atoms with Gasteiger partial charge in [-0.05, 0) is 12.6 Å². The van der Waals surface area contributed by atoms with Gasteiger partial charge in [0.25, 0.3) is 0 Å². The van der Waals surface area contributed by atoms with E-state index in [4.69, 9.17) is 4.74 Å².